The van der Waals surface area contributed by atoms with Crippen molar-refractivity contribution in [3.63, 3.8) is 0 Å². The van der Waals surface area contributed by atoms with Gasteiger partial charge in [0.1, 0.15) is 13.2 Å². The van der Waals surface area contributed by atoms with Crippen molar-refractivity contribution in [2.24, 2.45) is 0 Å². The molecule has 2 aliphatic heterocycles. The Balaban J connectivity index is 1.56. The molecule has 8 nitrogen and oxygen atoms in total. The van der Waals surface area contributed by atoms with E-state index in [-0.39, 0.29) is 23.9 Å². The van der Waals surface area contributed by atoms with Crippen molar-refractivity contribution in [3.8, 4) is 11.5 Å². The molecular weight excluding hydrogens is 403 g/mol. The number of piperidine rings is 1. The molecule has 1 aromatic carbocycles. The normalized spacial score (nSPS) is 20.9. The molecule has 0 bridgehead atoms. The van der Waals surface area contributed by atoms with E-state index >= 15 is 0 Å². The van der Waals surface area contributed by atoms with Gasteiger partial charge >= 0.3 is 12.1 Å². The van der Waals surface area contributed by atoms with Crippen LogP contribution in [-0.2, 0) is 16.2 Å². The maximum absolute atomic E-state index is 13.0. The third-order valence-corrected chi connectivity index (χ3v) is 6.43. The number of alkyl halides is 3. The van der Waals surface area contributed by atoms with Crippen LogP contribution in [-0.4, -0.2) is 49.2 Å². The molecule has 2 aliphatic rings. The van der Waals surface area contributed by atoms with Crippen LogP contribution < -0.4 is 9.47 Å². The number of ether oxygens (including phenoxy) is 2. The lowest BCUT2D eigenvalue weighted by molar-refractivity contribution is -0.157. The molecular formula is C16H16F3N3O5S. The zero-order valence-electron chi connectivity index (χ0n) is 14.5. The second kappa shape index (κ2) is 6.92. The minimum atomic E-state index is -4.74. The van der Waals surface area contributed by atoms with Crippen LogP contribution in [0.25, 0.3) is 0 Å². The second-order valence-electron chi connectivity index (χ2n) is 6.45. The van der Waals surface area contributed by atoms with Gasteiger partial charge in [-0.2, -0.15) is 17.5 Å². The van der Waals surface area contributed by atoms with Gasteiger partial charge in [0.05, 0.1) is 10.8 Å². The lowest BCUT2D eigenvalue weighted by Crippen LogP contribution is -2.39. The van der Waals surface area contributed by atoms with E-state index < -0.39 is 28.0 Å². The number of aromatic nitrogens is 2. The van der Waals surface area contributed by atoms with Crippen molar-refractivity contribution < 1.29 is 35.5 Å². The van der Waals surface area contributed by atoms with Crippen LogP contribution in [0.15, 0.2) is 27.5 Å². The molecule has 1 unspecified atom stereocenters. The van der Waals surface area contributed by atoms with Crippen molar-refractivity contribution in [2.75, 3.05) is 26.3 Å². The molecule has 1 fully saturated rings. The zero-order chi connectivity index (χ0) is 19.9. The fraction of sp³-hybridized carbons (Fsp3) is 0.500. The molecule has 0 spiro atoms. The molecule has 1 aromatic heterocycles. The summed E-state index contributed by atoms with van der Waals surface area (Å²) >= 11 is 0. The van der Waals surface area contributed by atoms with Crippen molar-refractivity contribution >= 4 is 10.0 Å². The van der Waals surface area contributed by atoms with E-state index in [1.807, 2.05) is 0 Å². The summed E-state index contributed by atoms with van der Waals surface area (Å²) in [4.78, 5) is 0.0268. The summed E-state index contributed by atoms with van der Waals surface area (Å²) in [6.07, 6.45) is -3.83. The molecule has 1 saturated heterocycles. The molecule has 0 amide bonds. The molecule has 0 N–H and O–H groups in total. The first-order valence-corrected chi connectivity index (χ1v) is 9.99. The monoisotopic (exact) mass is 419 g/mol. The summed E-state index contributed by atoms with van der Waals surface area (Å²) in [5.74, 6) is -1.45. The van der Waals surface area contributed by atoms with Gasteiger partial charge in [-0.15, -0.1) is 10.2 Å². The number of fused-ring (bicyclic) bond motifs is 1. The van der Waals surface area contributed by atoms with Crippen LogP contribution in [0.1, 0.15) is 30.5 Å². The smallest absolute Gasteiger partial charge is 0.470 e. The van der Waals surface area contributed by atoms with Gasteiger partial charge in [-0.1, -0.05) is 0 Å². The molecule has 0 saturated carbocycles. The largest absolute Gasteiger partial charge is 0.486 e. The first kappa shape index (κ1) is 19.0. The van der Waals surface area contributed by atoms with Gasteiger partial charge in [-0.25, -0.2) is 8.42 Å². The predicted molar refractivity (Wildman–Crippen MR) is 87.5 cm³/mol. The highest BCUT2D eigenvalue weighted by molar-refractivity contribution is 7.89. The maximum atomic E-state index is 13.0. The first-order valence-electron chi connectivity index (χ1n) is 8.55. The van der Waals surface area contributed by atoms with Gasteiger partial charge in [-0.3, -0.25) is 0 Å². The van der Waals surface area contributed by atoms with Gasteiger partial charge < -0.3 is 13.9 Å². The highest BCUT2D eigenvalue weighted by atomic mass is 32.2. The Labute approximate surface area is 158 Å². The molecule has 1 atom stereocenters. The van der Waals surface area contributed by atoms with Gasteiger partial charge in [0.15, 0.2) is 11.5 Å². The fourth-order valence-corrected chi connectivity index (χ4v) is 4.75. The average molecular weight is 419 g/mol. The molecule has 28 heavy (non-hydrogen) atoms. The summed E-state index contributed by atoms with van der Waals surface area (Å²) in [5.41, 5.74) is 0. The van der Waals surface area contributed by atoms with Gasteiger partial charge in [-0.05, 0) is 25.0 Å². The maximum Gasteiger partial charge on any atom is 0.470 e. The summed E-state index contributed by atoms with van der Waals surface area (Å²) in [6.45, 7) is 0.905. The SMILES string of the molecule is O=S(=O)(c1ccc2c(c1)OCCO2)N1CCCC(c2nnc(C(F)(F)F)o2)C1. The Morgan fingerprint density at radius 2 is 1.86 bits per heavy atom. The molecule has 3 heterocycles. The number of hydrogen-bond donors (Lipinski definition) is 0. The molecule has 152 valence electrons. The van der Waals surface area contributed by atoms with Crippen LogP contribution in [0.4, 0.5) is 13.2 Å². The van der Waals surface area contributed by atoms with E-state index in [2.05, 4.69) is 10.2 Å². The molecule has 4 rings (SSSR count). The summed E-state index contributed by atoms with van der Waals surface area (Å²) in [6, 6.07) is 4.33. The van der Waals surface area contributed by atoms with Crippen LogP contribution in [0.3, 0.4) is 0 Å². The highest BCUT2D eigenvalue weighted by Gasteiger charge is 2.40. The first-order chi connectivity index (χ1) is 13.2. The summed E-state index contributed by atoms with van der Waals surface area (Å²) in [7, 11) is -3.87. The minimum absolute atomic E-state index is 0.0268. The molecule has 2 aromatic rings. The van der Waals surface area contributed by atoms with Gasteiger partial charge in [0.25, 0.3) is 0 Å². The van der Waals surface area contributed by atoms with E-state index in [9.17, 15) is 21.6 Å². The summed E-state index contributed by atoms with van der Waals surface area (Å²) in [5, 5.41) is 6.47. The van der Waals surface area contributed by atoms with Gasteiger partial charge in [0, 0.05) is 19.2 Å². The lowest BCUT2D eigenvalue weighted by Gasteiger charge is -2.30. The fourth-order valence-electron chi connectivity index (χ4n) is 3.21. The van der Waals surface area contributed by atoms with Crippen LogP contribution in [0.5, 0.6) is 11.5 Å². The number of nitrogens with zero attached hydrogens (tertiary/aromatic N) is 3. The van der Waals surface area contributed by atoms with E-state index in [4.69, 9.17) is 13.9 Å². The quantitative estimate of drug-likeness (QED) is 0.754. The Hall–Kier alpha value is -2.34. The van der Waals surface area contributed by atoms with Crippen LogP contribution >= 0.6 is 0 Å². The third kappa shape index (κ3) is 3.53. The molecule has 0 aliphatic carbocycles. The summed E-state index contributed by atoms with van der Waals surface area (Å²) < 4.78 is 80.7. The Morgan fingerprint density at radius 1 is 1.11 bits per heavy atom. The minimum Gasteiger partial charge on any atom is -0.486 e. The van der Waals surface area contributed by atoms with Crippen molar-refractivity contribution in [2.45, 2.75) is 29.8 Å². The second-order valence-corrected chi connectivity index (χ2v) is 8.39. The van der Waals surface area contributed by atoms with Crippen LogP contribution in [0, 0.1) is 0 Å². The lowest BCUT2D eigenvalue weighted by atomic mass is 10.00. The molecule has 0 radical (unpaired) electrons. The number of hydrogen-bond acceptors (Lipinski definition) is 7. The van der Waals surface area contributed by atoms with E-state index in [0.29, 0.717) is 37.6 Å². The van der Waals surface area contributed by atoms with E-state index in [1.54, 1.807) is 0 Å². The average Bonchev–Trinajstić information content (AvgIpc) is 3.18. The number of sulfonamides is 1. The van der Waals surface area contributed by atoms with Crippen molar-refractivity contribution in [1.29, 1.82) is 0 Å². The Kier molecular flexibility index (Phi) is 4.70. The van der Waals surface area contributed by atoms with Crippen molar-refractivity contribution in [1.82, 2.24) is 14.5 Å². The number of halogens is 3. The van der Waals surface area contributed by atoms with E-state index in [0.717, 1.165) is 0 Å². The highest BCUT2D eigenvalue weighted by Crippen LogP contribution is 2.36. The number of rotatable bonds is 3. The standard InChI is InChI=1S/C16H16F3N3O5S/c17-16(18,19)15-21-20-14(27-15)10-2-1-5-22(9-10)28(23,24)11-3-4-12-13(8-11)26-7-6-25-12/h3-4,8,10H,1-2,5-7,9H2. The topological polar surface area (TPSA) is 94.8 Å². The number of benzene rings is 1. The van der Waals surface area contributed by atoms with Crippen LogP contribution in [0.2, 0.25) is 0 Å². The molecule has 12 heteroatoms. The zero-order valence-corrected chi connectivity index (χ0v) is 15.3. The third-order valence-electron chi connectivity index (χ3n) is 4.57. The predicted octanol–water partition coefficient (Wildman–Crippen LogP) is 2.43. The Morgan fingerprint density at radius 3 is 2.57 bits per heavy atom. The Bertz CT molecular complexity index is 976. The van der Waals surface area contributed by atoms with Gasteiger partial charge in [0.2, 0.25) is 15.9 Å². The van der Waals surface area contributed by atoms with E-state index in [1.165, 1.54) is 22.5 Å². The van der Waals surface area contributed by atoms with Crippen molar-refractivity contribution in [3.05, 3.63) is 30.0 Å².